The van der Waals surface area contributed by atoms with Gasteiger partial charge in [-0.25, -0.2) is 0 Å². The maximum atomic E-state index is 11.6. The van der Waals surface area contributed by atoms with E-state index in [4.69, 9.17) is 0 Å². The highest BCUT2D eigenvalue weighted by Crippen LogP contribution is 2.31. The Bertz CT molecular complexity index is 539. The van der Waals surface area contributed by atoms with Crippen LogP contribution in [0.1, 0.15) is 35.6 Å². The fourth-order valence-electron chi connectivity index (χ4n) is 1.81. The van der Waals surface area contributed by atoms with Gasteiger partial charge in [-0.05, 0) is 18.6 Å². The van der Waals surface area contributed by atoms with Crippen molar-refractivity contribution >= 4 is 17.1 Å². The second kappa shape index (κ2) is 4.84. The van der Waals surface area contributed by atoms with E-state index in [1.807, 2.05) is 37.0 Å². The zero-order valence-electron chi connectivity index (χ0n) is 10.4. The quantitative estimate of drug-likeness (QED) is 0.778. The molecule has 0 N–H and O–H groups in total. The second-order valence-corrected chi connectivity index (χ2v) is 5.04. The highest BCUT2D eigenvalue weighted by Gasteiger charge is 2.13. The van der Waals surface area contributed by atoms with Crippen LogP contribution < -0.4 is 0 Å². The highest BCUT2D eigenvalue weighted by atomic mass is 32.1. The molecule has 2 aromatic rings. The first-order valence-electron chi connectivity index (χ1n) is 5.81. The molecule has 3 nitrogen and oxygen atoms in total. The summed E-state index contributed by atoms with van der Waals surface area (Å²) in [7, 11) is 1.92. The van der Waals surface area contributed by atoms with E-state index in [1.54, 1.807) is 11.3 Å². The minimum atomic E-state index is 0.211. The van der Waals surface area contributed by atoms with Gasteiger partial charge in [-0.2, -0.15) is 5.10 Å². The van der Waals surface area contributed by atoms with Crippen LogP contribution >= 0.6 is 11.3 Å². The first kappa shape index (κ1) is 12.0. The van der Waals surface area contributed by atoms with Gasteiger partial charge >= 0.3 is 0 Å². The van der Waals surface area contributed by atoms with Gasteiger partial charge in [-0.1, -0.05) is 13.8 Å². The van der Waals surface area contributed by atoms with Crippen LogP contribution in [-0.4, -0.2) is 15.6 Å². The van der Waals surface area contributed by atoms with Crippen molar-refractivity contribution in [3.8, 4) is 10.4 Å². The molecule has 0 atom stereocenters. The Labute approximate surface area is 105 Å². The van der Waals surface area contributed by atoms with E-state index in [1.165, 1.54) is 0 Å². The molecule has 4 heteroatoms. The van der Waals surface area contributed by atoms with Gasteiger partial charge in [-0.3, -0.25) is 9.48 Å². The van der Waals surface area contributed by atoms with Crippen LogP contribution in [0.15, 0.2) is 18.3 Å². The van der Waals surface area contributed by atoms with Gasteiger partial charge in [0, 0.05) is 30.1 Å². The average Bonchev–Trinajstić information content (AvgIpc) is 2.93. The summed E-state index contributed by atoms with van der Waals surface area (Å²) >= 11 is 1.56. The molecule has 2 heterocycles. The highest BCUT2D eigenvalue weighted by molar-refractivity contribution is 7.17. The fraction of sp³-hybridized carbons (Fsp3) is 0.385. The topological polar surface area (TPSA) is 34.9 Å². The molecule has 0 saturated heterocycles. The molecule has 0 amide bonds. The summed E-state index contributed by atoms with van der Waals surface area (Å²) in [6, 6.07) is 3.93. The van der Waals surface area contributed by atoms with Crippen molar-refractivity contribution < 1.29 is 4.79 Å². The third-order valence-corrected chi connectivity index (χ3v) is 3.87. The number of thiophene rings is 1. The number of carbonyl (C=O) groups excluding carboxylic acids is 1. The molecule has 0 aliphatic rings. The zero-order valence-corrected chi connectivity index (χ0v) is 11.2. The van der Waals surface area contributed by atoms with Gasteiger partial charge < -0.3 is 0 Å². The lowest BCUT2D eigenvalue weighted by atomic mass is 10.2. The Morgan fingerprint density at radius 3 is 2.82 bits per heavy atom. The molecule has 2 rings (SSSR count). The van der Waals surface area contributed by atoms with E-state index >= 15 is 0 Å². The van der Waals surface area contributed by atoms with E-state index in [-0.39, 0.29) is 5.78 Å². The number of aromatic nitrogens is 2. The van der Waals surface area contributed by atoms with Crippen LogP contribution in [0.3, 0.4) is 0 Å². The molecule has 0 bridgehead atoms. The predicted molar refractivity (Wildman–Crippen MR) is 70.5 cm³/mol. The van der Waals surface area contributed by atoms with Gasteiger partial charge in [0.25, 0.3) is 0 Å². The zero-order chi connectivity index (χ0) is 12.4. The van der Waals surface area contributed by atoms with Gasteiger partial charge in [0.1, 0.15) is 0 Å². The molecule has 0 radical (unpaired) electrons. The monoisotopic (exact) mass is 248 g/mol. The molecular weight excluding hydrogens is 232 g/mol. The molecule has 0 unspecified atom stereocenters. The smallest absolute Gasteiger partial charge is 0.172 e. The minimum Gasteiger partial charge on any atom is -0.293 e. The van der Waals surface area contributed by atoms with Crippen molar-refractivity contribution in [1.82, 2.24) is 9.78 Å². The Kier molecular flexibility index (Phi) is 3.43. The van der Waals surface area contributed by atoms with Crippen molar-refractivity contribution in [3.63, 3.8) is 0 Å². The van der Waals surface area contributed by atoms with E-state index in [0.717, 1.165) is 27.4 Å². The normalized spacial score (nSPS) is 10.8. The Hall–Kier alpha value is -1.42. The number of hydrogen-bond acceptors (Lipinski definition) is 3. The van der Waals surface area contributed by atoms with Gasteiger partial charge in [0.15, 0.2) is 5.78 Å². The van der Waals surface area contributed by atoms with Crippen molar-refractivity contribution in [3.05, 3.63) is 28.9 Å². The van der Waals surface area contributed by atoms with Crippen molar-refractivity contribution in [2.45, 2.75) is 26.7 Å². The molecule has 0 aliphatic carbocycles. The van der Waals surface area contributed by atoms with Crippen LogP contribution in [0.5, 0.6) is 0 Å². The van der Waals surface area contributed by atoms with Crippen LogP contribution in [0, 0.1) is 0 Å². The maximum absolute atomic E-state index is 11.6. The van der Waals surface area contributed by atoms with E-state index < -0.39 is 0 Å². The molecule has 2 aromatic heterocycles. The maximum Gasteiger partial charge on any atom is 0.172 e. The summed E-state index contributed by atoms with van der Waals surface area (Å²) in [6.45, 7) is 3.99. The third-order valence-electron chi connectivity index (χ3n) is 2.71. The Balaban J connectivity index is 2.39. The van der Waals surface area contributed by atoms with E-state index in [0.29, 0.717) is 6.42 Å². The Morgan fingerprint density at radius 2 is 2.18 bits per heavy atom. The van der Waals surface area contributed by atoms with Crippen LogP contribution in [-0.2, 0) is 13.5 Å². The predicted octanol–water partition coefficient (Wildman–Crippen LogP) is 3.30. The van der Waals surface area contributed by atoms with E-state index in [2.05, 4.69) is 12.0 Å². The number of nitrogens with zero attached hydrogens (tertiary/aromatic N) is 2. The van der Waals surface area contributed by atoms with Crippen molar-refractivity contribution in [1.29, 1.82) is 0 Å². The summed E-state index contributed by atoms with van der Waals surface area (Å²) in [4.78, 5) is 13.6. The first-order chi connectivity index (χ1) is 8.15. The molecule has 90 valence electrons. The number of rotatable bonds is 4. The molecule has 0 aliphatic heterocycles. The fourth-order valence-corrected chi connectivity index (χ4v) is 2.86. The second-order valence-electron chi connectivity index (χ2n) is 3.96. The van der Waals surface area contributed by atoms with Gasteiger partial charge in [-0.15, -0.1) is 11.3 Å². The number of ketones is 1. The molecule has 0 aromatic carbocycles. The largest absolute Gasteiger partial charge is 0.293 e. The van der Waals surface area contributed by atoms with Crippen LogP contribution in [0.2, 0.25) is 0 Å². The summed E-state index contributed by atoms with van der Waals surface area (Å²) in [5.74, 6) is 0.211. The minimum absolute atomic E-state index is 0.211. The lowest BCUT2D eigenvalue weighted by Gasteiger charge is -1.94. The van der Waals surface area contributed by atoms with Gasteiger partial charge in [0.2, 0.25) is 0 Å². The SMILES string of the molecule is CCC(=O)c1ccc(-c2cn(C)nc2CC)s1. The summed E-state index contributed by atoms with van der Waals surface area (Å²) in [6.07, 6.45) is 3.49. The summed E-state index contributed by atoms with van der Waals surface area (Å²) < 4.78 is 1.83. The first-order valence-corrected chi connectivity index (χ1v) is 6.63. The molecule has 0 saturated carbocycles. The molecular formula is C13H16N2OS. The summed E-state index contributed by atoms with van der Waals surface area (Å²) in [5.41, 5.74) is 2.24. The number of aryl methyl sites for hydroxylation is 2. The van der Waals surface area contributed by atoms with Crippen LogP contribution in [0.25, 0.3) is 10.4 Å². The summed E-state index contributed by atoms with van der Waals surface area (Å²) in [5, 5.41) is 4.42. The van der Waals surface area contributed by atoms with Crippen molar-refractivity contribution in [2.24, 2.45) is 7.05 Å². The molecule has 17 heavy (non-hydrogen) atoms. The van der Waals surface area contributed by atoms with E-state index in [9.17, 15) is 4.79 Å². The lowest BCUT2D eigenvalue weighted by molar-refractivity contribution is 0.0992. The van der Waals surface area contributed by atoms with Gasteiger partial charge in [0.05, 0.1) is 10.6 Å². The average molecular weight is 248 g/mol. The number of carbonyl (C=O) groups is 1. The third kappa shape index (κ3) is 2.31. The number of hydrogen-bond donors (Lipinski definition) is 0. The standard InChI is InChI=1S/C13H16N2OS/c1-4-10-9(8-15(3)14-10)12-6-7-13(17-12)11(16)5-2/h6-8H,4-5H2,1-3H3. The van der Waals surface area contributed by atoms with Crippen LogP contribution in [0.4, 0.5) is 0 Å². The Morgan fingerprint density at radius 1 is 1.41 bits per heavy atom. The lowest BCUT2D eigenvalue weighted by Crippen LogP contribution is -1.90. The van der Waals surface area contributed by atoms with Crippen molar-refractivity contribution in [2.75, 3.05) is 0 Å². The molecule has 0 spiro atoms. The number of Topliss-reactive ketones (excluding diaryl/α,β-unsaturated/α-hetero) is 1. The molecule has 0 fully saturated rings.